The van der Waals surface area contributed by atoms with Crippen molar-refractivity contribution in [3.63, 3.8) is 0 Å². The van der Waals surface area contributed by atoms with Gasteiger partial charge in [-0.05, 0) is 6.42 Å². The highest BCUT2D eigenvalue weighted by Gasteiger charge is 2.28. The van der Waals surface area contributed by atoms with E-state index in [1.165, 1.54) is 25.7 Å². The van der Waals surface area contributed by atoms with Gasteiger partial charge in [0.2, 0.25) is 5.91 Å². The van der Waals surface area contributed by atoms with Gasteiger partial charge in [0, 0.05) is 12.3 Å². The zero-order valence-corrected chi connectivity index (χ0v) is 13.9. The van der Waals surface area contributed by atoms with E-state index in [9.17, 15) is 14.4 Å². The van der Waals surface area contributed by atoms with Crippen LogP contribution < -0.4 is 5.32 Å². The predicted octanol–water partition coefficient (Wildman–Crippen LogP) is 2.76. The van der Waals surface area contributed by atoms with Gasteiger partial charge in [-0.3, -0.25) is 9.59 Å². The Bertz CT molecular complexity index is 381. The van der Waals surface area contributed by atoms with Gasteiger partial charge in [-0.2, -0.15) is 0 Å². The smallest absolute Gasteiger partial charge is 0.328 e. The van der Waals surface area contributed by atoms with Gasteiger partial charge >= 0.3 is 5.97 Å². The second kappa shape index (κ2) is 10.4. The standard InChI is InChI=1S/C17H29NO4/c1-3-4-5-6-7-8-9-13(2)15(19)12-16(20)18-14-10-11-22-17(14)21/h13-14H,3-12H2,1-2H3,(H,18,20)/t13?,14-/m0/s1. The second-order valence-electron chi connectivity index (χ2n) is 6.18. The molecule has 126 valence electrons. The minimum absolute atomic E-state index is 0.0441. The van der Waals surface area contributed by atoms with E-state index in [4.69, 9.17) is 4.74 Å². The number of unbranched alkanes of at least 4 members (excludes halogenated alkanes) is 5. The van der Waals surface area contributed by atoms with Crippen LogP contribution >= 0.6 is 0 Å². The molecule has 2 atom stereocenters. The lowest BCUT2D eigenvalue weighted by molar-refractivity contribution is -0.142. The molecule has 1 saturated heterocycles. The third-order valence-electron chi connectivity index (χ3n) is 4.15. The monoisotopic (exact) mass is 311 g/mol. The Hall–Kier alpha value is -1.39. The van der Waals surface area contributed by atoms with Crippen LogP contribution in [0, 0.1) is 5.92 Å². The number of ketones is 1. The van der Waals surface area contributed by atoms with Crippen LogP contribution in [-0.4, -0.2) is 30.3 Å². The number of carbonyl (C=O) groups is 3. The molecule has 1 heterocycles. The van der Waals surface area contributed by atoms with Crippen LogP contribution in [0.4, 0.5) is 0 Å². The molecule has 0 aliphatic carbocycles. The molecule has 0 spiro atoms. The Balaban J connectivity index is 2.14. The maximum atomic E-state index is 12.0. The van der Waals surface area contributed by atoms with Crippen molar-refractivity contribution in [2.75, 3.05) is 6.61 Å². The van der Waals surface area contributed by atoms with Crippen molar-refractivity contribution in [3.8, 4) is 0 Å². The molecule has 0 saturated carbocycles. The molecule has 1 aliphatic rings. The van der Waals surface area contributed by atoms with Crippen LogP contribution in [0.3, 0.4) is 0 Å². The van der Waals surface area contributed by atoms with E-state index in [0.717, 1.165) is 19.3 Å². The quantitative estimate of drug-likeness (QED) is 0.362. The zero-order valence-electron chi connectivity index (χ0n) is 13.9. The van der Waals surface area contributed by atoms with Crippen molar-refractivity contribution < 1.29 is 19.1 Å². The van der Waals surface area contributed by atoms with Crippen molar-refractivity contribution in [2.45, 2.75) is 77.7 Å². The average Bonchev–Trinajstić information content (AvgIpc) is 2.87. The normalized spacial score (nSPS) is 18.8. The molecule has 0 bridgehead atoms. The number of ether oxygens (including phenoxy) is 1. The van der Waals surface area contributed by atoms with E-state index in [0.29, 0.717) is 13.0 Å². The fourth-order valence-electron chi connectivity index (χ4n) is 2.60. The number of Topliss-reactive ketones (excluding diaryl/α,β-unsaturated/α-hetero) is 1. The minimum atomic E-state index is -0.575. The SMILES string of the molecule is CCCCCCCCC(C)C(=O)CC(=O)N[C@H]1CCOC1=O. The topological polar surface area (TPSA) is 72.5 Å². The first-order chi connectivity index (χ1) is 10.5. The number of cyclic esters (lactones) is 1. The number of nitrogens with one attached hydrogen (secondary N) is 1. The number of esters is 1. The molecule has 1 aliphatic heterocycles. The zero-order chi connectivity index (χ0) is 16.4. The first-order valence-corrected chi connectivity index (χ1v) is 8.53. The van der Waals surface area contributed by atoms with Gasteiger partial charge in [-0.15, -0.1) is 0 Å². The summed E-state index contributed by atoms with van der Waals surface area (Å²) in [6.45, 7) is 4.41. The van der Waals surface area contributed by atoms with Gasteiger partial charge in [-0.25, -0.2) is 4.79 Å². The van der Waals surface area contributed by atoms with Gasteiger partial charge in [0.15, 0.2) is 0 Å². The third-order valence-corrected chi connectivity index (χ3v) is 4.15. The highest BCUT2D eigenvalue weighted by molar-refractivity contribution is 6.00. The summed E-state index contributed by atoms with van der Waals surface area (Å²) in [4.78, 5) is 35.0. The van der Waals surface area contributed by atoms with Crippen molar-refractivity contribution >= 4 is 17.7 Å². The number of amides is 1. The Labute approximate surface area is 133 Å². The molecular weight excluding hydrogens is 282 g/mol. The van der Waals surface area contributed by atoms with Crippen LogP contribution in [0.15, 0.2) is 0 Å². The molecule has 5 nitrogen and oxygen atoms in total. The Morgan fingerprint density at radius 3 is 2.55 bits per heavy atom. The summed E-state index contributed by atoms with van der Waals surface area (Å²) in [5, 5.41) is 2.57. The van der Waals surface area contributed by atoms with Gasteiger partial charge in [0.25, 0.3) is 0 Å². The minimum Gasteiger partial charge on any atom is -0.464 e. The van der Waals surface area contributed by atoms with Crippen molar-refractivity contribution in [3.05, 3.63) is 0 Å². The number of hydrogen-bond donors (Lipinski definition) is 1. The van der Waals surface area contributed by atoms with E-state index < -0.39 is 12.0 Å². The lowest BCUT2D eigenvalue weighted by atomic mass is 9.96. The predicted molar refractivity (Wildman–Crippen MR) is 84.3 cm³/mol. The fourth-order valence-corrected chi connectivity index (χ4v) is 2.60. The van der Waals surface area contributed by atoms with Gasteiger partial charge in [0.05, 0.1) is 13.0 Å². The van der Waals surface area contributed by atoms with E-state index >= 15 is 0 Å². The van der Waals surface area contributed by atoms with Crippen LogP contribution in [0.1, 0.15) is 71.6 Å². The molecule has 5 heteroatoms. The summed E-state index contributed by atoms with van der Waals surface area (Å²) >= 11 is 0. The summed E-state index contributed by atoms with van der Waals surface area (Å²) in [6, 6.07) is -0.575. The average molecular weight is 311 g/mol. The number of carbonyl (C=O) groups excluding carboxylic acids is 3. The van der Waals surface area contributed by atoms with Crippen molar-refractivity contribution in [2.24, 2.45) is 5.92 Å². The van der Waals surface area contributed by atoms with E-state index in [2.05, 4.69) is 12.2 Å². The molecule has 1 rings (SSSR count). The fraction of sp³-hybridized carbons (Fsp3) is 0.824. The maximum Gasteiger partial charge on any atom is 0.328 e. The summed E-state index contributed by atoms with van der Waals surface area (Å²) in [5.41, 5.74) is 0. The summed E-state index contributed by atoms with van der Waals surface area (Å²) in [7, 11) is 0. The number of rotatable bonds is 11. The Morgan fingerprint density at radius 1 is 1.23 bits per heavy atom. The highest BCUT2D eigenvalue weighted by atomic mass is 16.5. The van der Waals surface area contributed by atoms with Crippen LogP contribution in [0.5, 0.6) is 0 Å². The molecule has 22 heavy (non-hydrogen) atoms. The lowest BCUT2D eigenvalue weighted by Crippen LogP contribution is -2.39. The molecule has 0 aromatic carbocycles. The molecular formula is C17H29NO4. The second-order valence-corrected chi connectivity index (χ2v) is 6.18. The molecule has 0 aromatic heterocycles. The van der Waals surface area contributed by atoms with E-state index in [1.54, 1.807) is 0 Å². The summed E-state index contributed by atoms with van der Waals surface area (Å²) in [6.07, 6.45) is 8.37. The van der Waals surface area contributed by atoms with Crippen molar-refractivity contribution in [1.29, 1.82) is 0 Å². The highest BCUT2D eigenvalue weighted by Crippen LogP contribution is 2.14. The molecule has 1 unspecified atom stereocenters. The van der Waals surface area contributed by atoms with Crippen LogP contribution in [0.2, 0.25) is 0 Å². The lowest BCUT2D eigenvalue weighted by Gasteiger charge is -2.12. The largest absolute Gasteiger partial charge is 0.464 e. The molecule has 1 N–H and O–H groups in total. The Morgan fingerprint density at radius 2 is 1.91 bits per heavy atom. The van der Waals surface area contributed by atoms with Crippen molar-refractivity contribution in [1.82, 2.24) is 5.32 Å². The maximum absolute atomic E-state index is 12.0. The molecule has 1 fully saturated rings. The Kier molecular flexibility index (Phi) is 8.78. The first kappa shape index (κ1) is 18.7. The molecule has 0 aromatic rings. The molecule has 1 amide bonds. The molecule has 0 radical (unpaired) electrons. The third kappa shape index (κ3) is 7.05. The van der Waals surface area contributed by atoms with Gasteiger partial charge in [0.1, 0.15) is 11.8 Å². The number of hydrogen-bond acceptors (Lipinski definition) is 4. The van der Waals surface area contributed by atoms with E-state index in [1.807, 2.05) is 6.92 Å². The summed E-state index contributed by atoms with van der Waals surface area (Å²) < 4.78 is 4.77. The first-order valence-electron chi connectivity index (χ1n) is 8.53. The van der Waals surface area contributed by atoms with Crippen LogP contribution in [0.25, 0.3) is 0 Å². The van der Waals surface area contributed by atoms with Crippen LogP contribution in [-0.2, 0) is 19.1 Å². The summed E-state index contributed by atoms with van der Waals surface area (Å²) in [5.74, 6) is -0.908. The van der Waals surface area contributed by atoms with Gasteiger partial charge in [-0.1, -0.05) is 52.4 Å². The van der Waals surface area contributed by atoms with Gasteiger partial charge < -0.3 is 10.1 Å². The van der Waals surface area contributed by atoms with E-state index in [-0.39, 0.29) is 24.0 Å².